The first-order valence-corrected chi connectivity index (χ1v) is 3.85. The van der Waals surface area contributed by atoms with E-state index in [1.165, 1.54) is 7.11 Å². The van der Waals surface area contributed by atoms with E-state index >= 15 is 0 Å². The molecule has 0 heterocycles. The maximum Gasteiger partial charge on any atom is 0.406 e. The molecule has 0 aromatic heterocycles. The number of ether oxygens (including phenoxy) is 1. The Morgan fingerprint density at radius 3 is 2.69 bits per heavy atom. The molecule has 1 aliphatic carbocycles. The molecular formula is C7H15ClN2O3. The van der Waals surface area contributed by atoms with Gasteiger partial charge < -0.3 is 20.9 Å². The highest BCUT2D eigenvalue weighted by Crippen LogP contribution is 2.29. The Bertz CT molecular complexity index is 183. The number of halogens is 1. The molecule has 6 heteroatoms. The van der Waals surface area contributed by atoms with Crippen LogP contribution in [0.15, 0.2) is 0 Å². The van der Waals surface area contributed by atoms with Gasteiger partial charge in [-0.05, 0) is 12.8 Å². The van der Waals surface area contributed by atoms with E-state index in [0.29, 0.717) is 12.8 Å². The Morgan fingerprint density at radius 2 is 2.31 bits per heavy atom. The van der Waals surface area contributed by atoms with E-state index in [1.54, 1.807) is 0 Å². The third-order valence-corrected chi connectivity index (χ3v) is 2.03. The summed E-state index contributed by atoms with van der Waals surface area (Å²) in [6, 6.07) is 0.0643. The van der Waals surface area contributed by atoms with Crippen LogP contribution in [0, 0.1) is 0 Å². The van der Waals surface area contributed by atoms with Crippen molar-refractivity contribution in [2.75, 3.05) is 13.7 Å². The maximum atomic E-state index is 10.6. The number of nitrogens with one attached hydrogen (secondary N) is 1. The molecule has 0 saturated heterocycles. The van der Waals surface area contributed by atoms with Gasteiger partial charge in [0.05, 0.1) is 12.7 Å². The zero-order chi connectivity index (χ0) is 9.19. The Kier molecular flexibility index (Phi) is 4.46. The largest absolute Gasteiger partial charge is 0.453 e. The summed E-state index contributed by atoms with van der Waals surface area (Å²) in [5.74, 6) is 0. The molecule has 0 aromatic rings. The summed E-state index contributed by atoms with van der Waals surface area (Å²) in [4.78, 5) is 10.6. The van der Waals surface area contributed by atoms with Gasteiger partial charge in [0.25, 0.3) is 0 Å². The van der Waals surface area contributed by atoms with Gasteiger partial charge >= 0.3 is 6.09 Å². The SMILES string of the molecule is COC(=O)NCC1(O)CC(N)C1.Cl. The lowest BCUT2D eigenvalue weighted by Crippen LogP contribution is -2.57. The van der Waals surface area contributed by atoms with Gasteiger partial charge in [-0.3, -0.25) is 0 Å². The quantitative estimate of drug-likeness (QED) is 0.580. The van der Waals surface area contributed by atoms with E-state index in [9.17, 15) is 9.90 Å². The molecule has 5 nitrogen and oxygen atoms in total. The Morgan fingerprint density at radius 1 is 1.77 bits per heavy atom. The van der Waals surface area contributed by atoms with E-state index in [2.05, 4.69) is 10.1 Å². The highest BCUT2D eigenvalue weighted by atomic mass is 35.5. The second kappa shape index (κ2) is 4.64. The number of rotatable bonds is 2. The van der Waals surface area contributed by atoms with Crippen molar-refractivity contribution in [3.63, 3.8) is 0 Å². The fourth-order valence-electron chi connectivity index (χ4n) is 1.37. The Balaban J connectivity index is 0.00000144. The van der Waals surface area contributed by atoms with E-state index in [-0.39, 0.29) is 25.0 Å². The average Bonchev–Trinajstić information content (AvgIpc) is 1.98. The highest BCUT2D eigenvalue weighted by Gasteiger charge is 2.40. The molecule has 78 valence electrons. The molecule has 1 amide bonds. The van der Waals surface area contributed by atoms with E-state index in [0.717, 1.165) is 0 Å². The molecule has 0 aliphatic heterocycles. The number of methoxy groups -OCH3 is 1. The first kappa shape index (κ1) is 12.5. The Labute approximate surface area is 83.0 Å². The van der Waals surface area contributed by atoms with Gasteiger partial charge in [-0.2, -0.15) is 0 Å². The van der Waals surface area contributed by atoms with Crippen molar-refractivity contribution in [1.82, 2.24) is 5.32 Å². The van der Waals surface area contributed by atoms with Crippen LogP contribution in [0.2, 0.25) is 0 Å². The smallest absolute Gasteiger partial charge is 0.406 e. The second-order valence-corrected chi connectivity index (χ2v) is 3.24. The Hall–Kier alpha value is -0.520. The van der Waals surface area contributed by atoms with Gasteiger partial charge in [0.2, 0.25) is 0 Å². The van der Waals surface area contributed by atoms with Gasteiger partial charge in [0, 0.05) is 12.6 Å². The van der Waals surface area contributed by atoms with Crippen LogP contribution < -0.4 is 11.1 Å². The van der Waals surface area contributed by atoms with Gasteiger partial charge in [-0.1, -0.05) is 0 Å². The normalized spacial score (nSPS) is 31.2. The lowest BCUT2D eigenvalue weighted by Gasteiger charge is -2.41. The molecule has 1 saturated carbocycles. The van der Waals surface area contributed by atoms with E-state index in [1.807, 2.05) is 0 Å². The average molecular weight is 211 g/mol. The number of nitrogens with two attached hydrogens (primary N) is 1. The van der Waals surface area contributed by atoms with Crippen molar-refractivity contribution in [3.05, 3.63) is 0 Å². The lowest BCUT2D eigenvalue weighted by molar-refractivity contribution is -0.0435. The predicted octanol–water partition coefficient (Wildman–Crippen LogP) is -0.384. The minimum Gasteiger partial charge on any atom is -0.453 e. The van der Waals surface area contributed by atoms with Crippen LogP contribution in [0.5, 0.6) is 0 Å². The monoisotopic (exact) mass is 210 g/mol. The summed E-state index contributed by atoms with van der Waals surface area (Å²) in [6.07, 6.45) is 0.553. The summed E-state index contributed by atoms with van der Waals surface area (Å²) < 4.78 is 4.35. The molecule has 0 unspecified atom stereocenters. The van der Waals surface area contributed by atoms with Crippen LogP contribution in [0.4, 0.5) is 4.79 Å². The molecule has 4 N–H and O–H groups in total. The van der Waals surface area contributed by atoms with Crippen molar-refractivity contribution in [2.45, 2.75) is 24.5 Å². The summed E-state index contributed by atoms with van der Waals surface area (Å²) in [5, 5.41) is 12.0. The molecular weight excluding hydrogens is 196 g/mol. The van der Waals surface area contributed by atoms with Crippen LogP contribution in [0.3, 0.4) is 0 Å². The molecule has 0 atom stereocenters. The fraction of sp³-hybridized carbons (Fsp3) is 0.857. The van der Waals surface area contributed by atoms with Gasteiger partial charge in [-0.25, -0.2) is 4.79 Å². The van der Waals surface area contributed by atoms with E-state index in [4.69, 9.17) is 5.73 Å². The van der Waals surface area contributed by atoms with Crippen molar-refractivity contribution in [2.24, 2.45) is 5.73 Å². The molecule has 13 heavy (non-hydrogen) atoms. The highest BCUT2D eigenvalue weighted by molar-refractivity contribution is 5.85. The van der Waals surface area contributed by atoms with Crippen LogP contribution in [0.25, 0.3) is 0 Å². The van der Waals surface area contributed by atoms with Crippen LogP contribution in [-0.4, -0.2) is 36.5 Å². The number of carbonyl (C=O) groups excluding carboxylic acids is 1. The first-order chi connectivity index (χ1) is 5.56. The predicted molar refractivity (Wildman–Crippen MR) is 49.8 cm³/mol. The van der Waals surface area contributed by atoms with Crippen molar-refractivity contribution in [3.8, 4) is 0 Å². The van der Waals surface area contributed by atoms with Crippen molar-refractivity contribution < 1.29 is 14.6 Å². The molecule has 1 rings (SSSR count). The zero-order valence-corrected chi connectivity index (χ0v) is 8.26. The molecule has 0 bridgehead atoms. The van der Waals surface area contributed by atoms with E-state index < -0.39 is 11.7 Å². The van der Waals surface area contributed by atoms with Crippen molar-refractivity contribution in [1.29, 1.82) is 0 Å². The summed E-state index contributed by atoms with van der Waals surface area (Å²) in [6.45, 7) is 0.216. The number of carbonyl (C=O) groups is 1. The van der Waals surface area contributed by atoms with Gasteiger partial charge in [0.15, 0.2) is 0 Å². The number of alkyl carbamates (subject to hydrolysis) is 1. The molecule has 0 spiro atoms. The summed E-state index contributed by atoms with van der Waals surface area (Å²) >= 11 is 0. The number of hydrogen-bond acceptors (Lipinski definition) is 4. The minimum atomic E-state index is -0.812. The third kappa shape index (κ3) is 3.38. The number of hydrogen-bond donors (Lipinski definition) is 3. The van der Waals surface area contributed by atoms with Crippen LogP contribution in [0.1, 0.15) is 12.8 Å². The van der Waals surface area contributed by atoms with Crippen molar-refractivity contribution >= 4 is 18.5 Å². The lowest BCUT2D eigenvalue weighted by atomic mass is 9.76. The topological polar surface area (TPSA) is 84.6 Å². The second-order valence-electron chi connectivity index (χ2n) is 3.24. The van der Waals surface area contributed by atoms with Crippen LogP contribution in [-0.2, 0) is 4.74 Å². The molecule has 0 radical (unpaired) electrons. The summed E-state index contributed by atoms with van der Waals surface area (Å²) in [7, 11) is 1.28. The molecule has 1 fully saturated rings. The molecule has 1 aliphatic rings. The third-order valence-electron chi connectivity index (χ3n) is 2.03. The number of amides is 1. The first-order valence-electron chi connectivity index (χ1n) is 3.85. The van der Waals surface area contributed by atoms with Gasteiger partial charge in [-0.15, -0.1) is 12.4 Å². The standard InChI is InChI=1S/C7H14N2O3.ClH/c1-12-6(10)9-4-7(11)2-5(8)3-7;/h5,11H,2-4,8H2,1H3,(H,9,10);1H. The zero-order valence-electron chi connectivity index (χ0n) is 7.45. The summed E-state index contributed by atoms with van der Waals surface area (Å²) in [5.41, 5.74) is 4.68. The fourth-order valence-corrected chi connectivity index (χ4v) is 1.37. The van der Waals surface area contributed by atoms with Crippen LogP contribution >= 0.6 is 12.4 Å². The maximum absolute atomic E-state index is 10.6. The van der Waals surface area contributed by atoms with Gasteiger partial charge in [0.1, 0.15) is 0 Å². The minimum absolute atomic E-state index is 0. The molecule has 0 aromatic carbocycles. The number of aliphatic hydroxyl groups is 1.